The Morgan fingerprint density at radius 1 is 1.41 bits per heavy atom. The minimum absolute atomic E-state index is 0.124. The molecule has 0 radical (unpaired) electrons. The Balaban J connectivity index is 1.71. The zero-order chi connectivity index (χ0) is 12.1. The number of carbonyl (C=O) groups is 1. The van der Waals surface area contributed by atoms with Crippen LogP contribution in [0.4, 0.5) is 0 Å². The van der Waals surface area contributed by atoms with Gasteiger partial charge in [0.1, 0.15) is 11.5 Å². The summed E-state index contributed by atoms with van der Waals surface area (Å²) in [7, 11) is 0. The van der Waals surface area contributed by atoms with Gasteiger partial charge in [-0.15, -0.1) is 0 Å². The summed E-state index contributed by atoms with van der Waals surface area (Å²) in [6, 6.07) is 1.33. The molecule has 0 bridgehead atoms. The summed E-state index contributed by atoms with van der Waals surface area (Å²) in [4.78, 5) is 22.5. The van der Waals surface area contributed by atoms with E-state index >= 15 is 0 Å². The minimum Gasteiger partial charge on any atom is -0.383 e. The van der Waals surface area contributed by atoms with Crippen LogP contribution >= 0.6 is 0 Å². The van der Waals surface area contributed by atoms with Crippen molar-refractivity contribution >= 4 is 5.78 Å². The summed E-state index contributed by atoms with van der Waals surface area (Å²) in [6.07, 6.45) is 3.78. The zero-order valence-corrected chi connectivity index (χ0v) is 9.74. The van der Waals surface area contributed by atoms with Gasteiger partial charge in [0.15, 0.2) is 0 Å². The summed E-state index contributed by atoms with van der Waals surface area (Å²) < 4.78 is 10.1. The van der Waals surface area contributed by atoms with E-state index in [-0.39, 0.29) is 17.8 Å². The number of nitrogens with one attached hydrogen (secondary N) is 1. The van der Waals surface area contributed by atoms with Crippen LogP contribution in [0.2, 0.25) is 0 Å². The lowest BCUT2D eigenvalue weighted by Gasteiger charge is -2.21. The molecule has 1 aliphatic rings. The molecule has 0 aromatic carbocycles. The van der Waals surface area contributed by atoms with Gasteiger partial charge < -0.3 is 9.26 Å². The number of aromatic amines is 1. The number of hydrogen-bond acceptors (Lipinski definition) is 4. The number of carbonyl (C=O) groups excluding carboxylic acids is 1. The molecule has 1 aliphatic heterocycles. The fourth-order valence-corrected chi connectivity index (χ4v) is 2.09. The number of H-pyrrole nitrogens is 1. The molecule has 1 N–H and O–H groups in total. The standard InChI is InChI=1S/C12H17NO4/c14-10(7-11-8-12(15)13-17-11)2-1-9-3-5-16-6-4-9/h8-9H,1-7H2,(H,13,15). The summed E-state index contributed by atoms with van der Waals surface area (Å²) in [5.74, 6) is 1.15. The van der Waals surface area contributed by atoms with Crippen LogP contribution < -0.4 is 5.56 Å². The third-order valence-electron chi connectivity index (χ3n) is 3.12. The second kappa shape index (κ2) is 5.82. The van der Waals surface area contributed by atoms with E-state index in [2.05, 4.69) is 5.16 Å². The monoisotopic (exact) mass is 239 g/mol. The van der Waals surface area contributed by atoms with Crippen LogP contribution in [0.5, 0.6) is 0 Å². The maximum absolute atomic E-state index is 11.7. The first-order valence-electron chi connectivity index (χ1n) is 6.01. The van der Waals surface area contributed by atoms with E-state index in [1.165, 1.54) is 6.07 Å². The number of rotatable bonds is 5. The van der Waals surface area contributed by atoms with Gasteiger partial charge in [0.25, 0.3) is 5.56 Å². The fraction of sp³-hybridized carbons (Fsp3) is 0.667. The summed E-state index contributed by atoms with van der Waals surface area (Å²) >= 11 is 0. The normalized spacial score (nSPS) is 17.2. The van der Waals surface area contributed by atoms with Gasteiger partial charge in [0.2, 0.25) is 0 Å². The van der Waals surface area contributed by atoms with Crippen molar-refractivity contribution in [2.45, 2.75) is 32.1 Å². The third kappa shape index (κ3) is 3.85. The molecule has 17 heavy (non-hydrogen) atoms. The lowest BCUT2D eigenvalue weighted by Crippen LogP contribution is -2.17. The van der Waals surface area contributed by atoms with E-state index in [4.69, 9.17) is 9.26 Å². The average molecular weight is 239 g/mol. The largest absolute Gasteiger partial charge is 0.383 e. The van der Waals surface area contributed by atoms with E-state index in [1.54, 1.807) is 0 Å². The van der Waals surface area contributed by atoms with Gasteiger partial charge in [-0.1, -0.05) is 0 Å². The Hall–Kier alpha value is -1.36. The van der Waals surface area contributed by atoms with Crippen molar-refractivity contribution in [1.29, 1.82) is 0 Å². The highest BCUT2D eigenvalue weighted by molar-refractivity contribution is 5.80. The van der Waals surface area contributed by atoms with Gasteiger partial charge in [0, 0.05) is 25.7 Å². The number of Topliss-reactive ketones (excluding diaryl/α,β-unsaturated/α-hetero) is 1. The minimum atomic E-state index is -0.294. The summed E-state index contributed by atoms with van der Waals surface area (Å²) in [5, 5.41) is 2.18. The molecule has 94 valence electrons. The van der Waals surface area contributed by atoms with Crippen molar-refractivity contribution in [3.05, 3.63) is 22.2 Å². The molecular weight excluding hydrogens is 222 g/mol. The number of ether oxygens (including phenoxy) is 1. The highest BCUT2D eigenvalue weighted by Gasteiger charge is 2.16. The molecule has 0 aliphatic carbocycles. The SMILES string of the molecule is O=C(CCC1CCOCC1)Cc1cc(=O)[nH]o1. The Bertz CT molecular complexity index is 414. The molecular formula is C12H17NO4. The Morgan fingerprint density at radius 2 is 2.18 bits per heavy atom. The second-order valence-electron chi connectivity index (χ2n) is 4.49. The van der Waals surface area contributed by atoms with Crippen molar-refractivity contribution in [2.24, 2.45) is 5.92 Å². The Morgan fingerprint density at radius 3 is 2.82 bits per heavy atom. The van der Waals surface area contributed by atoms with Crippen molar-refractivity contribution in [3.63, 3.8) is 0 Å². The smallest absolute Gasteiger partial charge is 0.280 e. The van der Waals surface area contributed by atoms with Gasteiger partial charge in [-0.2, -0.15) is 5.16 Å². The van der Waals surface area contributed by atoms with Crippen LogP contribution in [0.15, 0.2) is 15.4 Å². The maximum atomic E-state index is 11.7. The lowest BCUT2D eigenvalue weighted by molar-refractivity contribution is -0.119. The molecule has 0 unspecified atom stereocenters. The highest BCUT2D eigenvalue weighted by atomic mass is 16.5. The topological polar surface area (TPSA) is 72.3 Å². The van der Waals surface area contributed by atoms with Crippen molar-refractivity contribution < 1.29 is 14.1 Å². The van der Waals surface area contributed by atoms with Crippen molar-refractivity contribution in [2.75, 3.05) is 13.2 Å². The van der Waals surface area contributed by atoms with Crippen LogP contribution in [0.1, 0.15) is 31.4 Å². The number of hydrogen-bond donors (Lipinski definition) is 1. The second-order valence-corrected chi connectivity index (χ2v) is 4.49. The molecule has 0 atom stereocenters. The molecule has 1 saturated heterocycles. The van der Waals surface area contributed by atoms with Crippen LogP contribution in [-0.4, -0.2) is 24.2 Å². The Kier molecular flexibility index (Phi) is 4.14. The highest BCUT2D eigenvalue weighted by Crippen LogP contribution is 2.20. The zero-order valence-electron chi connectivity index (χ0n) is 9.74. The lowest BCUT2D eigenvalue weighted by atomic mass is 9.93. The predicted octanol–water partition coefficient (Wildman–Crippen LogP) is 1.29. The third-order valence-corrected chi connectivity index (χ3v) is 3.12. The molecule has 5 heteroatoms. The molecule has 0 spiro atoms. The Labute approximate surface area is 99.1 Å². The van der Waals surface area contributed by atoms with E-state index in [0.29, 0.717) is 18.1 Å². The van der Waals surface area contributed by atoms with Crippen LogP contribution in [0, 0.1) is 5.92 Å². The molecule has 0 saturated carbocycles. The quantitative estimate of drug-likeness (QED) is 0.840. The van der Waals surface area contributed by atoms with Gasteiger partial charge in [-0.05, 0) is 25.2 Å². The number of aromatic nitrogens is 1. The van der Waals surface area contributed by atoms with E-state index in [0.717, 1.165) is 32.5 Å². The van der Waals surface area contributed by atoms with Crippen molar-refractivity contribution in [3.8, 4) is 0 Å². The van der Waals surface area contributed by atoms with Gasteiger partial charge in [0.05, 0.1) is 6.42 Å². The van der Waals surface area contributed by atoms with Gasteiger partial charge in [-0.25, -0.2) is 0 Å². The first kappa shape index (κ1) is 12.1. The van der Waals surface area contributed by atoms with E-state index in [1.807, 2.05) is 0 Å². The van der Waals surface area contributed by atoms with Crippen LogP contribution in [0.3, 0.4) is 0 Å². The van der Waals surface area contributed by atoms with Gasteiger partial charge in [-0.3, -0.25) is 9.59 Å². The van der Waals surface area contributed by atoms with Crippen LogP contribution in [-0.2, 0) is 16.0 Å². The molecule has 0 amide bonds. The number of ketones is 1. The fourth-order valence-electron chi connectivity index (χ4n) is 2.09. The summed E-state index contributed by atoms with van der Waals surface area (Å²) in [5.41, 5.74) is -0.294. The molecule has 5 nitrogen and oxygen atoms in total. The van der Waals surface area contributed by atoms with Gasteiger partial charge >= 0.3 is 0 Å². The van der Waals surface area contributed by atoms with E-state index in [9.17, 15) is 9.59 Å². The molecule has 2 heterocycles. The summed E-state index contributed by atoms with van der Waals surface area (Å²) in [6.45, 7) is 1.62. The molecule has 2 rings (SSSR count). The first-order chi connectivity index (χ1) is 8.24. The molecule has 1 aromatic rings. The first-order valence-corrected chi connectivity index (χ1v) is 6.01. The molecule has 1 aromatic heterocycles. The van der Waals surface area contributed by atoms with Crippen molar-refractivity contribution in [1.82, 2.24) is 5.16 Å². The maximum Gasteiger partial charge on any atom is 0.280 e. The van der Waals surface area contributed by atoms with Crippen LogP contribution in [0.25, 0.3) is 0 Å². The average Bonchev–Trinajstić information content (AvgIpc) is 2.73. The molecule has 1 fully saturated rings. The van der Waals surface area contributed by atoms with E-state index < -0.39 is 0 Å². The predicted molar refractivity (Wildman–Crippen MR) is 60.8 cm³/mol.